The van der Waals surface area contributed by atoms with Crippen LogP contribution in [0.4, 0.5) is 5.69 Å². The number of H-pyrrole nitrogens is 1. The Balaban J connectivity index is 1.48. The first-order valence-corrected chi connectivity index (χ1v) is 10.7. The SMILES string of the molecule is C=CC(=O)Nc1cc(Oc2cnc3[nH]cc(-c4ccc5ncccc5c4)c3n2)ccc1OCC. The van der Waals surface area contributed by atoms with Crippen molar-refractivity contribution in [3.63, 3.8) is 0 Å². The molecular formula is C26H21N5O3. The van der Waals surface area contributed by atoms with Gasteiger partial charge in [-0.1, -0.05) is 18.7 Å². The van der Waals surface area contributed by atoms with Crippen molar-refractivity contribution in [3.8, 4) is 28.5 Å². The summed E-state index contributed by atoms with van der Waals surface area (Å²) in [4.78, 5) is 28.5. The summed E-state index contributed by atoms with van der Waals surface area (Å²) < 4.78 is 11.6. The van der Waals surface area contributed by atoms with Crippen molar-refractivity contribution in [2.45, 2.75) is 6.92 Å². The van der Waals surface area contributed by atoms with Crippen LogP contribution in [0.5, 0.6) is 17.4 Å². The Bertz CT molecular complexity index is 1530. The second kappa shape index (κ2) is 9.03. The quantitative estimate of drug-likeness (QED) is 0.317. The van der Waals surface area contributed by atoms with E-state index in [0.717, 1.165) is 22.0 Å². The molecule has 0 atom stereocenters. The fraction of sp³-hybridized carbons (Fsp3) is 0.0769. The summed E-state index contributed by atoms with van der Waals surface area (Å²) in [5.74, 6) is 0.985. The molecule has 3 heterocycles. The summed E-state index contributed by atoms with van der Waals surface area (Å²) in [6, 6.07) is 15.1. The number of hydrogen-bond donors (Lipinski definition) is 2. The highest BCUT2D eigenvalue weighted by Crippen LogP contribution is 2.33. The van der Waals surface area contributed by atoms with Gasteiger partial charge in [0.25, 0.3) is 0 Å². The normalized spacial score (nSPS) is 10.9. The number of rotatable bonds is 7. The number of pyridine rings is 1. The van der Waals surface area contributed by atoms with E-state index in [1.165, 1.54) is 6.08 Å². The zero-order valence-corrected chi connectivity index (χ0v) is 18.4. The standard InChI is InChI=1S/C26H21N5O3/c1-3-23(32)30-21-13-18(8-10-22(21)33-4-2)34-24-15-29-26-25(31-24)19(14-28-26)16-7-9-20-17(12-16)6-5-11-27-20/h3,5-15H,1,4H2,2H3,(H,28,29)(H,30,32). The Hall–Kier alpha value is -4.72. The predicted octanol–water partition coefficient (Wildman–Crippen LogP) is 5.49. The molecular weight excluding hydrogens is 430 g/mol. The van der Waals surface area contributed by atoms with E-state index in [2.05, 4.69) is 37.9 Å². The monoisotopic (exact) mass is 451 g/mol. The van der Waals surface area contributed by atoms with Gasteiger partial charge in [0.1, 0.15) is 17.0 Å². The van der Waals surface area contributed by atoms with Gasteiger partial charge >= 0.3 is 0 Å². The molecule has 0 saturated carbocycles. The van der Waals surface area contributed by atoms with Crippen molar-refractivity contribution >= 4 is 33.7 Å². The second-order valence-electron chi connectivity index (χ2n) is 7.41. The molecule has 2 N–H and O–H groups in total. The summed E-state index contributed by atoms with van der Waals surface area (Å²) in [7, 11) is 0. The van der Waals surface area contributed by atoms with E-state index in [1.807, 2.05) is 37.4 Å². The number of ether oxygens (including phenoxy) is 2. The molecule has 5 aromatic rings. The van der Waals surface area contributed by atoms with Gasteiger partial charge in [-0.3, -0.25) is 9.78 Å². The molecule has 34 heavy (non-hydrogen) atoms. The van der Waals surface area contributed by atoms with Crippen LogP contribution in [0.3, 0.4) is 0 Å². The second-order valence-corrected chi connectivity index (χ2v) is 7.41. The van der Waals surface area contributed by atoms with Gasteiger partial charge in [-0.25, -0.2) is 9.97 Å². The number of fused-ring (bicyclic) bond motifs is 2. The fourth-order valence-corrected chi connectivity index (χ4v) is 3.64. The highest BCUT2D eigenvalue weighted by molar-refractivity contribution is 6.00. The summed E-state index contributed by atoms with van der Waals surface area (Å²) in [5.41, 5.74) is 4.64. The number of carbonyl (C=O) groups excluding carboxylic acids is 1. The number of nitrogens with one attached hydrogen (secondary N) is 2. The molecule has 3 aromatic heterocycles. The number of benzene rings is 2. The number of hydrogen-bond acceptors (Lipinski definition) is 6. The van der Waals surface area contributed by atoms with Crippen molar-refractivity contribution < 1.29 is 14.3 Å². The maximum absolute atomic E-state index is 11.8. The smallest absolute Gasteiger partial charge is 0.247 e. The summed E-state index contributed by atoms with van der Waals surface area (Å²) in [5, 5.41) is 3.77. The Morgan fingerprint density at radius 3 is 2.94 bits per heavy atom. The van der Waals surface area contributed by atoms with Gasteiger partial charge in [-0.05, 0) is 48.9 Å². The van der Waals surface area contributed by atoms with Crippen LogP contribution in [0.1, 0.15) is 6.92 Å². The minimum Gasteiger partial charge on any atom is -0.492 e. The third-order valence-corrected chi connectivity index (χ3v) is 5.19. The van der Waals surface area contributed by atoms with Crippen LogP contribution < -0.4 is 14.8 Å². The lowest BCUT2D eigenvalue weighted by Gasteiger charge is -2.12. The molecule has 0 aliphatic carbocycles. The van der Waals surface area contributed by atoms with E-state index < -0.39 is 0 Å². The zero-order chi connectivity index (χ0) is 23.5. The predicted molar refractivity (Wildman–Crippen MR) is 131 cm³/mol. The maximum Gasteiger partial charge on any atom is 0.247 e. The van der Waals surface area contributed by atoms with Crippen LogP contribution in [-0.2, 0) is 4.79 Å². The van der Waals surface area contributed by atoms with Crippen LogP contribution in [0, 0.1) is 0 Å². The molecule has 0 spiro atoms. The molecule has 0 aliphatic heterocycles. The molecule has 8 nitrogen and oxygen atoms in total. The van der Waals surface area contributed by atoms with Crippen LogP contribution in [0.15, 0.2) is 79.8 Å². The molecule has 0 bridgehead atoms. The van der Waals surface area contributed by atoms with Gasteiger partial charge in [0.05, 0.1) is 24.0 Å². The Morgan fingerprint density at radius 1 is 1.18 bits per heavy atom. The third-order valence-electron chi connectivity index (χ3n) is 5.19. The molecule has 5 rings (SSSR count). The number of amides is 1. The van der Waals surface area contributed by atoms with E-state index in [0.29, 0.717) is 40.8 Å². The molecule has 0 fully saturated rings. The fourth-order valence-electron chi connectivity index (χ4n) is 3.64. The number of aromatic amines is 1. The van der Waals surface area contributed by atoms with Gasteiger partial charge in [0.15, 0.2) is 5.65 Å². The molecule has 0 saturated heterocycles. The van der Waals surface area contributed by atoms with Gasteiger partial charge in [-0.2, -0.15) is 0 Å². The molecule has 0 unspecified atom stereocenters. The first kappa shape index (κ1) is 21.1. The van der Waals surface area contributed by atoms with E-state index in [1.54, 1.807) is 30.6 Å². The first-order valence-electron chi connectivity index (χ1n) is 10.7. The first-order chi connectivity index (χ1) is 16.6. The number of carbonyl (C=O) groups is 1. The van der Waals surface area contributed by atoms with Crippen LogP contribution in [0.25, 0.3) is 33.2 Å². The minimum atomic E-state index is -0.345. The topological polar surface area (TPSA) is 102 Å². The van der Waals surface area contributed by atoms with Gasteiger partial charge < -0.3 is 19.8 Å². The highest BCUT2D eigenvalue weighted by atomic mass is 16.5. The molecule has 0 aliphatic rings. The summed E-state index contributed by atoms with van der Waals surface area (Å²) in [6.45, 7) is 5.82. The number of anilines is 1. The van der Waals surface area contributed by atoms with Crippen molar-refractivity contribution in [3.05, 3.63) is 79.8 Å². The van der Waals surface area contributed by atoms with Crippen molar-refractivity contribution in [2.75, 3.05) is 11.9 Å². The van der Waals surface area contributed by atoms with E-state index in [-0.39, 0.29) is 5.91 Å². The van der Waals surface area contributed by atoms with E-state index in [9.17, 15) is 4.79 Å². The molecule has 2 aromatic carbocycles. The van der Waals surface area contributed by atoms with Crippen LogP contribution in [0.2, 0.25) is 0 Å². The van der Waals surface area contributed by atoms with E-state index >= 15 is 0 Å². The Kier molecular flexibility index (Phi) is 5.61. The largest absolute Gasteiger partial charge is 0.492 e. The zero-order valence-electron chi connectivity index (χ0n) is 18.4. The lowest BCUT2D eigenvalue weighted by molar-refractivity contribution is -0.111. The van der Waals surface area contributed by atoms with Crippen molar-refractivity contribution in [1.29, 1.82) is 0 Å². The maximum atomic E-state index is 11.8. The summed E-state index contributed by atoms with van der Waals surface area (Å²) >= 11 is 0. The lowest BCUT2D eigenvalue weighted by Crippen LogP contribution is -2.09. The Labute approximate surface area is 195 Å². The number of aromatic nitrogens is 4. The summed E-state index contributed by atoms with van der Waals surface area (Å²) in [6.07, 6.45) is 6.40. The molecule has 0 radical (unpaired) electrons. The number of nitrogens with zero attached hydrogens (tertiary/aromatic N) is 3. The highest BCUT2D eigenvalue weighted by Gasteiger charge is 2.13. The van der Waals surface area contributed by atoms with Crippen LogP contribution in [-0.4, -0.2) is 32.4 Å². The molecule has 1 amide bonds. The molecule has 168 valence electrons. The van der Waals surface area contributed by atoms with Gasteiger partial charge in [-0.15, -0.1) is 0 Å². The average Bonchev–Trinajstić information content (AvgIpc) is 3.28. The average molecular weight is 451 g/mol. The van der Waals surface area contributed by atoms with Crippen molar-refractivity contribution in [2.24, 2.45) is 0 Å². The minimum absolute atomic E-state index is 0.320. The Morgan fingerprint density at radius 2 is 2.09 bits per heavy atom. The van der Waals surface area contributed by atoms with Gasteiger partial charge in [0, 0.05) is 29.4 Å². The van der Waals surface area contributed by atoms with E-state index in [4.69, 9.17) is 9.47 Å². The lowest BCUT2D eigenvalue weighted by atomic mass is 10.1. The van der Waals surface area contributed by atoms with Gasteiger partial charge in [0.2, 0.25) is 11.8 Å². The molecule has 8 heteroatoms. The van der Waals surface area contributed by atoms with Crippen LogP contribution >= 0.6 is 0 Å². The van der Waals surface area contributed by atoms with Crippen molar-refractivity contribution in [1.82, 2.24) is 19.9 Å². The third kappa shape index (κ3) is 4.16.